The summed E-state index contributed by atoms with van der Waals surface area (Å²) in [6, 6.07) is 3.00. The first-order valence-corrected chi connectivity index (χ1v) is 7.19. The van der Waals surface area contributed by atoms with E-state index in [1.54, 1.807) is 18.0 Å². The second kappa shape index (κ2) is 5.77. The number of aromatic nitrogens is 2. The molecule has 1 saturated heterocycles. The molecule has 8 heteroatoms. The van der Waals surface area contributed by atoms with Gasteiger partial charge in [0.1, 0.15) is 16.9 Å². The Morgan fingerprint density at radius 2 is 2.22 bits per heavy atom. The molecule has 1 aliphatic rings. The van der Waals surface area contributed by atoms with Gasteiger partial charge in [-0.15, -0.1) is 0 Å². The SMILES string of the molecule is COc1cc(OC2CCN(C)CC2(F)F)c2c(=O)[nH]cnc2c1. The van der Waals surface area contributed by atoms with Gasteiger partial charge >= 0.3 is 0 Å². The normalized spacial score (nSPS) is 21.3. The maximum absolute atomic E-state index is 14.2. The van der Waals surface area contributed by atoms with E-state index in [4.69, 9.17) is 9.47 Å². The maximum Gasteiger partial charge on any atom is 0.296 e. The minimum Gasteiger partial charge on any atom is -0.497 e. The number of hydrogen-bond acceptors (Lipinski definition) is 5. The van der Waals surface area contributed by atoms with Crippen molar-refractivity contribution in [3.8, 4) is 11.5 Å². The van der Waals surface area contributed by atoms with Crippen molar-refractivity contribution in [2.45, 2.75) is 18.4 Å². The highest BCUT2D eigenvalue weighted by molar-refractivity contribution is 5.85. The van der Waals surface area contributed by atoms with Crippen LogP contribution in [0.1, 0.15) is 6.42 Å². The van der Waals surface area contributed by atoms with E-state index in [9.17, 15) is 13.6 Å². The van der Waals surface area contributed by atoms with Crippen LogP contribution in [0.2, 0.25) is 0 Å². The maximum atomic E-state index is 14.2. The number of benzene rings is 1. The highest BCUT2D eigenvalue weighted by Gasteiger charge is 2.45. The quantitative estimate of drug-likeness (QED) is 0.929. The second-order valence-electron chi connectivity index (χ2n) is 5.65. The van der Waals surface area contributed by atoms with E-state index in [2.05, 4.69) is 9.97 Å². The molecule has 0 radical (unpaired) electrons. The third-order valence-electron chi connectivity index (χ3n) is 3.91. The molecular weight excluding hydrogens is 308 g/mol. The van der Waals surface area contributed by atoms with Gasteiger partial charge in [0, 0.05) is 25.1 Å². The Kier molecular flexibility index (Phi) is 3.93. The molecule has 0 saturated carbocycles. The molecule has 0 spiro atoms. The predicted octanol–water partition coefficient (Wildman–Crippen LogP) is 1.65. The van der Waals surface area contributed by atoms with Crippen LogP contribution in [-0.4, -0.2) is 54.1 Å². The van der Waals surface area contributed by atoms with Crippen molar-refractivity contribution in [3.63, 3.8) is 0 Å². The molecule has 1 aromatic carbocycles. The van der Waals surface area contributed by atoms with Crippen molar-refractivity contribution >= 4 is 10.9 Å². The zero-order valence-corrected chi connectivity index (χ0v) is 12.8. The Balaban J connectivity index is 2.04. The molecule has 0 bridgehead atoms. The Labute approximate surface area is 131 Å². The van der Waals surface area contributed by atoms with Crippen molar-refractivity contribution in [1.82, 2.24) is 14.9 Å². The second-order valence-corrected chi connectivity index (χ2v) is 5.65. The summed E-state index contributed by atoms with van der Waals surface area (Å²) in [5, 5.41) is 0.142. The van der Waals surface area contributed by atoms with E-state index >= 15 is 0 Å². The highest BCUT2D eigenvalue weighted by atomic mass is 19.3. The minimum absolute atomic E-state index is 0.0583. The molecule has 3 rings (SSSR count). The standard InChI is InChI=1S/C15H17F2N3O3/c1-20-4-3-12(15(16,17)7-20)23-11-6-9(22-2)5-10-13(11)14(21)19-8-18-10/h5-6,8,12H,3-4,7H2,1-2H3,(H,18,19,21). The van der Waals surface area contributed by atoms with Crippen LogP contribution in [0.3, 0.4) is 0 Å². The van der Waals surface area contributed by atoms with Crippen LogP contribution < -0.4 is 15.0 Å². The molecule has 124 valence electrons. The predicted molar refractivity (Wildman–Crippen MR) is 80.4 cm³/mol. The molecular formula is C15H17F2N3O3. The first kappa shape index (κ1) is 15.7. The lowest BCUT2D eigenvalue weighted by Gasteiger charge is -2.36. The Morgan fingerprint density at radius 1 is 1.43 bits per heavy atom. The molecule has 1 atom stereocenters. The fraction of sp³-hybridized carbons (Fsp3) is 0.467. The Hall–Kier alpha value is -2.22. The Morgan fingerprint density at radius 3 is 2.91 bits per heavy atom. The number of hydrogen-bond donors (Lipinski definition) is 1. The third-order valence-corrected chi connectivity index (χ3v) is 3.91. The van der Waals surface area contributed by atoms with Crippen molar-refractivity contribution in [2.24, 2.45) is 0 Å². The summed E-state index contributed by atoms with van der Waals surface area (Å²) < 4.78 is 39.0. The number of fused-ring (bicyclic) bond motifs is 1. The molecule has 1 aromatic heterocycles. The van der Waals surface area contributed by atoms with Crippen LogP contribution in [0.25, 0.3) is 10.9 Å². The van der Waals surface area contributed by atoms with Crippen molar-refractivity contribution in [2.75, 3.05) is 27.2 Å². The number of H-pyrrole nitrogens is 1. The lowest BCUT2D eigenvalue weighted by Crippen LogP contribution is -2.52. The summed E-state index contributed by atoms with van der Waals surface area (Å²) in [6.45, 7) is 0.116. The molecule has 1 aliphatic heterocycles. The topological polar surface area (TPSA) is 67.5 Å². The fourth-order valence-corrected chi connectivity index (χ4v) is 2.74. The number of ether oxygens (including phenoxy) is 2. The number of likely N-dealkylation sites (tertiary alicyclic amines) is 1. The summed E-state index contributed by atoms with van der Waals surface area (Å²) in [5.74, 6) is -2.55. The van der Waals surface area contributed by atoms with Gasteiger partial charge in [0.25, 0.3) is 11.5 Å². The van der Waals surface area contributed by atoms with Gasteiger partial charge in [-0.2, -0.15) is 0 Å². The van der Waals surface area contributed by atoms with Crippen LogP contribution in [0.15, 0.2) is 23.3 Å². The fourth-order valence-electron chi connectivity index (χ4n) is 2.74. The highest BCUT2D eigenvalue weighted by Crippen LogP contribution is 2.34. The lowest BCUT2D eigenvalue weighted by atomic mass is 10.0. The third kappa shape index (κ3) is 2.98. The van der Waals surface area contributed by atoms with Crippen molar-refractivity contribution in [3.05, 3.63) is 28.8 Å². The molecule has 2 heterocycles. The Bertz CT molecular complexity index is 778. The van der Waals surface area contributed by atoms with E-state index in [1.807, 2.05) is 0 Å². The number of nitrogens with zero attached hydrogens (tertiary/aromatic N) is 2. The van der Waals surface area contributed by atoms with Gasteiger partial charge in [-0.3, -0.25) is 4.79 Å². The van der Waals surface area contributed by atoms with Gasteiger partial charge in [-0.25, -0.2) is 13.8 Å². The van der Waals surface area contributed by atoms with E-state index < -0.39 is 17.6 Å². The number of methoxy groups -OCH3 is 1. The van der Waals surface area contributed by atoms with Crippen LogP contribution >= 0.6 is 0 Å². The smallest absolute Gasteiger partial charge is 0.296 e. The first-order chi connectivity index (χ1) is 10.9. The van der Waals surface area contributed by atoms with Crippen molar-refractivity contribution in [1.29, 1.82) is 0 Å². The molecule has 1 unspecified atom stereocenters. The zero-order valence-electron chi connectivity index (χ0n) is 12.8. The summed E-state index contributed by atoms with van der Waals surface area (Å²) in [7, 11) is 3.09. The van der Waals surface area contributed by atoms with E-state index in [1.165, 1.54) is 19.5 Å². The van der Waals surface area contributed by atoms with Crippen LogP contribution in [-0.2, 0) is 0 Å². The summed E-state index contributed by atoms with van der Waals surface area (Å²) >= 11 is 0. The minimum atomic E-state index is -3.00. The van der Waals surface area contributed by atoms with Gasteiger partial charge in [-0.05, 0) is 7.05 Å². The van der Waals surface area contributed by atoms with Gasteiger partial charge in [-0.1, -0.05) is 0 Å². The van der Waals surface area contributed by atoms with Gasteiger partial charge in [0.05, 0.1) is 25.5 Å². The van der Waals surface area contributed by atoms with Gasteiger partial charge in [0.15, 0.2) is 6.10 Å². The average Bonchev–Trinajstić information content (AvgIpc) is 2.49. The molecule has 2 aromatic rings. The number of nitrogens with one attached hydrogen (secondary N) is 1. The molecule has 6 nitrogen and oxygen atoms in total. The molecule has 0 aliphatic carbocycles. The monoisotopic (exact) mass is 325 g/mol. The van der Waals surface area contributed by atoms with E-state index in [-0.39, 0.29) is 24.1 Å². The van der Waals surface area contributed by atoms with E-state index in [0.29, 0.717) is 17.8 Å². The van der Waals surface area contributed by atoms with Crippen molar-refractivity contribution < 1.29 is 18.3 Å². The number of piperidine rings is 1. The number of aromatic amines is 1. The number of halogens is 2. The van der Waals surface area contributed by atoms with Gasteiger partial charge < -0.3 is 19.4 Å². The molecule has 0 amide bonds. The molecule has 1 N–H and O–H groups in total. The summed E-state index contributed by atoms with van der Waals surface area (Å²) in [4.78, 5) is 20.1. The lowest BCUT2D eigenvalue weighted by molar-refractivity contribution is -0.134. The van der Waals surface area contributed by atoms with Crippen LogP contribution in [0.5, 0.6) is 11.5 Å². The number of alkyl halides is 2. The zero-order chi connectivity index (χ0) is 16.6. The summed E-state index contributed by atoms with van der Waals surface area (Å²) in [5.41, 5.74) is -0.108. The van der Waals surface area contributed by atoms with Gasteiger partial charge in [0.2, 0.25) is 0 Å². The summed E-state index contributed by atoms with van der Waals surface area (Å²) in [6.07, 6.45) is 0.118. The average molecular weight is 325 g/mol. The van der Waals surface area contributed by atoms with Crippen LogP contribution in [0, 0.1) is 0 Å². The molecule has 1 fully saturated rings. The number of rotatable bonds is 3. The largest absolute Gasteiger partial charge is 0.497 e. The van der Waals surface area contributed by atoms with E-state index in [0.717, 1.165) is 0 Å². The first-order valence-electron chi connectivity index (χ1n) is 7.19. The van der Waals surface area contributed by atoms with Crippen LogP contribution in [0.4, 0.5) is 8.78 Å². The molecule has 23 heavy (non-hydrogen) atoms.